The lowest BCUT2D eigenvalue weighted by atomic mass is 9.95. The van der Waals surface area contributed by atoms with E-state index in [9.17, 15) is 4.79 Å². The van der Waals surface area contributed by atoms with Gasteiger partial charge in [0.15, 0.2) is 0 Å². The first-order chi connectivity index (χ1) is 11.8. The molecule has 24 heavy (non-hydrogen) atoms. The zero-order valence-corrected chi connectivity index (χ0v) is 14.3. The summed E-state index contributed by atoms with van der Waals surface area (Å²) in [4.78, 5) is 13.3. The normalized spacial score (nSPS) is 20.3. The minimum absolute atomic E-state index is 0.202. The van der Waals surface area contributed by atoms with Crippen LogP contribution in [-0.2, 0) is 0 Å². The van der Waals surface area contributed by atoms with Gasteiger partial charge in [0, 0.05) is 18.3 Å². The van der Waals surface area contributed by atoms with Crippen LogP contribution in [0.15, 0.2) is 41.3 Å². The highest BCUT2D eigenvalue weighted by Crippen LogP contribution is 2.31. The van der Waals surface area contributed by atoms with Gasteiger partial charge < -0.3 is 5.32 Å². The molecule has 4 nitrogen and oxygen atoms in total. The minimum atomic E-state index is 0.202. The zero-order chi connectivity index (χ0) is 16.4. The lowest BCUT2D eigenvalue weighted by Crippen LogP contribution is -2.36. The Morgan fingerprint density at radius 2 is 1.58 bits per heavy atom. The van der Waals surface area contributed by atoms with Crippen molar-refractivity contribution in [1.82, 2.24) is 14.5 Å². The van der Waals surface area contributed by atoms with Gasteiger partial charge in [-0.05, 0) is 44.3 Å². The number of rotatable bonds is 3. The first kappa shape index (κ1) is 15.7. The molecule has 1 saturated heterocycles. The quantitative estimate of drug-likeness (QED) is 0.933. The molecule has 2 aromatic rings. The molecule has 4 heteroatoms. The van der Waals surface area contributed by atoms with E-state index in [1.165, 1.54) is 19.3 Å². The number of nitrogens with zero attached hydrogens (tertiary/aromatic N) is 2. The highest BCUT2D eigenvalue weighted by molar-refractivity contribution is 5.59. The Balaban J connectivity index is 1.79. The van der Waals surface area contributed by atoms with Crippen LogP contribution in [0.3, 0.4) is 0 Å². The molecule has 1 aliphatic carbocycles. The van der Waals surface area contributed by atoms with Crippen LogP contribution in [-0.4, -0.2) is 22.2 Å². The molecule has 2 aliphatic rings. The predicted molar refractivity (Wildman–Crippen MR) is 97.4 cm³/mol. The molecule has 2 heterocycles. The molecule has 0 amide bonds. The van der Waals surface area contributed by atoms with Crippen molar-refractivity contribution in [2.45, 2.75) is 57.0 Å². The second-order valence-electron chi connectivity index (χ2n) is 7.21. The molecule has 1 aromatic heterocycles. The third-order valence-corrected chi connectivity index (χ3v) is 5.66. The van der Waals surface area contributed by atoms with Gasteiger partial charge >= 0.3 is 5.69 Å². The molecular formula is C20H27N3O. The first-order valence-electron chi connectivity index (χ1n) is 9.44. The van der Waals surface area contributed by atoms with E-state index in [1.54, 1.807) is 0 Å². The van der Waals surface area contributed by atoms with E-state index in [-0.39, 0.29) is 5.69 Å². The Labute approximate surface area is 143 Å². The number of piperidine rings is 1. The van der Waals surface area contributed by atoms with E-state index in [4.69, 9.17) is 0 Å². The summed E-state index contributed by atoms with van der Waals surface area (Å²) in [5.41, 5.74) is 2.45. The molecule has 128 valence electrons. The maximum atomic E-state index is 13.3. The summed E-state index contributed by atoms with van der Waals surface area (Å²) in [5, 5.41) is 3.41. The van der Waals surface area contributed by atoms with Gasteiger partial charge in [-0.1, -0.05) is 49.6 Å². The zero-order valence-electron chi connectivity index (χ0n) is 14.3. The van der Waals surface area contributed by atoms with Crippen LogP contribution in [0.2, 0.25) is 0 Å². The van der Waals surface area contributed by atoms with E-state index in [0.29, 0.717) is 12.1 Å². The number of imidazole rings is 1. The Kier molecular flexibility index (Phi) is 4.56. The summed E-state index contributed by atoms with van der Waals surface area (Å²) >= 11 is 0. The highest BCUT2D eigenvalue weighted by atomic mass is 16.1. The lowest BCUT2D eigenvalue weighted by Gasteiger charge is -2.25. The Hall–Kier alpha value is -1.81. The molecule has 1 saturated carbocycles. The van der Waals surface area contributed by atoms with Gasteiger partial charge in [-0.15, -0.1) is 0 Å². The highest BCUT2D eigenvalue weighted by Gasteiger charge is 2.25. The van der Waals surface area contributed by atoms with E-state index >= 15 is 0 Å². The molecule has 0 bridgehead atoms. The average molecular weight is 325 g/mol. The molecular weight excluding hydrogens is 298 g/mol. The summed E-state index contributed by atoms with van der Waals surface area (Å²) in [6.45, 7) is 2.00. The van der Waals surface area contributed by atoms with Crippen molar-refractivity contribution in [2.75, 3.05) is 13.1 Å². The van der Waals surface area contributed by atoms with Crippen LogP contribution < -0.4 is 11.0 Å². The SMILES string of the molecule is O=c1n(C2CCCCC2)cc(-c2ccccc2)n1C1CCNCC1. The summed E-state index contributed by atoms with van der Waals surface area (Å²) in [7, 11) is 0. The Morgan fingerprint density at radius 1 is 0.875 bits per heavy atom. The number of hydrogen-bond acceptors (Lipinski definition) is 2. The van der Waals surface area contributed by atoms with Crippen molar-refractivity contribution in [3.05, 3.63) is 47.0 Å². The lowest BCUT2D eigenvalue weighted by molar-refractivity contribution is 0.327. The molecule has 1 aliphatic heterocycles. The van der Waals surface area contributed by atoms with Gasteiger partial charge in [-0.2, -0.15) is 0 Å². The number of aromatic nitrogens is 2. The van der Waals surface area contributed by atoms with E-state index in [0.717, 1.165) is 50.0 Å². The van der Waals surface area contributed by atoms with Crippen LogP contribution in [0.5, 0.6) is 0 Å². The van der Waals surface area contributed by atoms with Gasteiger partial charge in [0.1, 0.15) is 0 Å². The molecule has 0 unspecified atom stereocenters. The van der Waals surface area contributed by atoms with Crippen LogP contribution in [0.25, 0.3) is 11.3 Å². The van der Waals surface area contributed by atoms with Crippen LogP contribution in [0.1, 0.15) is 57.0 Å². The van der Waals surface area contributed by atoms with Gasteiger partial charge in [0.2, 0.25) is 0 Å². The third-order valence-electron chi connectivity index (χ3n) is 5.66. The fraction of sp³-hybridized carbons (Fsp3) is 0.550. The largest absolute Gasteiger partial charge is 0.329 e. The van der Waals surface area contributed by atoms with Crippen LogP contribution in [0.4, 0.5) is 0 Å². The van der Waals surface area contributed by atoms with Gasteiger partial charge in [0.05, 0.1) is 5.69 Å². The summed E-state index contributed by atoms with van der Waals surface area (Å²) in [5.74, 6) is 0. The topological polar surface area (TPSA) is 39.0 Å². The minimum Gasteiger partial charge on any atom is -0.317 e. The van der Waals surface area contributed by atoms with Crippen LogP contribution >= 0.6 is 0 Å². The van der Waals surface area contributed by atoms with E-state index < -0.39 is 0 Å². The van der Waals surface area contributed by atoms with Crippen molar-refractivity contribution < 1.29 is 0 Å². The Morgan fingerprint density at radius 3 is 2.29 bits per heavy atom. The molecule has 2 fully saturated rings. The van der Waals surface area contributed by atoms with E-state index in [2.05, 4.69) is 40.3 Å². The van der Waals surface area contributed by atoms with Crippen LogP contribution in [0, 0.1) is 0 Å². The standard InChI is InChI=1S/C20H27N3O/c24-20-22(17-9-5-2-6-10-17)15-19(16-7-3-1-4-8-16)23(20)18-11-13-21-14-12-18/h1,3-4,7-8,15,17-18,21H,2,5-6,9-14H2. The monoisotopic (exact) mass is 325 g/mol. The molecule has 4 rings (SSSR count). The first-order valence-corrected chi connectivity index (χ1v) is 9.44. The maximum absolute atomic E-state index is 13.3. The number of nitrogens with one attached hydrogen (secondary N) is 1. The van der Waals surface area contributed by atoms with Crippen molar-refractivity contribution in [3.63, 3.8) is 0 Å². The van der Waals surface area contributed by atoms with Gasteiger partial charge in [-0.25, -0.2) is 4.79 Å². The summed E-state index contributed by atoms with van der Waals surface area (Å²) < 4.78 is 4.13. The summed E-state index contributed by atoms with van der Waals surface area (Å²) in [6, 6.07) is 11.1. The number of benzene rings is 1. The maximum Gasteiger partial charge on any atom is 0.329 e. The van der Waals surface area contributed by atoms with Crippen molar-refractivity contribution in [2.24, 2.45) is 0 Å². The Bertz CT molecular complexity index is 719. The average Bonchev–Trinajstić information content (AvgIpc) is 3.01. The fourth-order valence-electron chi connectivity index (χ4n) is 4.34. The fourth-order valence-corrected chi connectivity index (χ4v) is 4.34. The van der Waals surface area contributed by atoms with Crippen molar-refractivity contribution >= 4 is 0 Å². The van der Waals surface area contributed by atoms with Crippen molar-refractivity contribution in [3.8, 4) is 11.3 Å². The number of hydrogen-bond donors (Lipinski definition) is 1. The molecule has 0 atom stereocenters. The second kappa shape index (κ2) is 6.98. The van der Waals surface area contributed by atoms with E-state index in [1.807, 2.05) is 10.6 Å². The molecule has 1 aromatic carbocycles. The molecule has 1 N–H and O–H groups in total. The van der Waals surface area contributed by atoms with Gasteiger partial charge in [0.25, 0.3) is 0 Å². The third kappa shape index (κ3) is 2.95. The second-order valence-corrected chi connectivity index (χ2v) is 7.21. The van der Waals surface area contributed by atoms with Gasteiger partial charge in [-0.3, -0.25) is 9.13 Å². The predicted octanol–water partition coefficient (Wildman–Crippen LogP) is 3.75. The molecule has 0 radical (unpaired) electrons. The summed E-state index contributed by atoms with van der Waals surface area (Å²) in [6.07, 6.45) is 10.3. The van der Waals surface area contributed by atoms with Crippen molar-refractivity contribution in [1.29, 1.82) is 0 Å². The molecule has 0 spiro atoms. The smallest absolute Gasteiger partial charge is 0.317 e.